The number of halogens is 1. The average Bonchev–Trinajstić information content (AvgIpc) is 3.36. The number of aliphatic hydroxyl groups is 5. The van der Waals surface area contributed by atoms with Crippen LogP contribution in [0.25, 0.3) is 11.1 Å². The van der Waals surface area contributed by atoms with Crippen LogP contribution in [0.5, 0.6) is 5.75 Å². The second-order valence-electron chi connectivity index (χ2n) is 12.5. The van der Waals surface area contributed by atoms with Crippen molar-refractivity contribution in [2.24, 2.45) is 0 Å². The standard InChI is InChI=1S/C37H38FNO9/c1-37(18-17-28(41)22-11-14-25(38)15-12-22)35(39(36(46)48-37)26-5-3-2-4-6-26)27-16-13-24(19-29(27)42)21-7-9-23(10-8-21)34-33(45)32(44)31(43)30(20-40)47-34/h2-16,19,28,30-35,40-45H,17-18,20H2,1H3/t28-,30+,31+,32-,33+,34-,35+,37+/m0/s1. The zero-order valence-electron chi connectivity index (χ0n) is 26.1. The van der Waals surface area contributed by atoms with E-state index in [-0.39, 0.29) is 18.6 Å². The molecule has 0 aromatic heterocycles. The molecule has 6 N–H and O–H groups in total. The first-order valence-corrected chi connectivity index (χ1v) is 15.8. The summed E-state index contributed by atoms with van der Waals surface area (Å²) in [5.41, 5.74) is 2.27. The first-order valence-electron chi connectivity index (χ1n) is 15.8. The molecule has 4 aromatic carbocycles. The number of cyclic esters (lactones) is 1. The molecule has 4 aromatic rings. The van der Waals surface area contributed by atoms with Gasteiger partial charge < -0.3 is 40.1 Å². The molecule has 6 rings (SSSR count). The topological polar surface area (TPSA) is 160 Å². The maximum absolute atomic E-state index is 13.5. The van der Waals surface area contributed by atoms with Crippen LogP contribution in [0.3, 0.4) is 0 Å². The zero-order valence-corrected chi connectivity index (χ0v) is 26.1. The van der Waals surface area contributed by atoms with E-state index >= 15 is 0 Å². The summed E-state index contributed by atoms with van der Waals surface area (Å²) in [7, 11) is 0. The molecule has 0 saturated carbocycles. The van der Waals surface area contributed by atoms with Crippen LogP contribution >= 0.6 is 0 Å². The lowest BCUT2D eigenvalue weighted by Gasteiger charge is -2.40. The van der Waals surface area contributed by atoms with Crippen molar-refractivity contribution in [2.75, 3.05) is 11.5 Å². The SMILES string of the molecule is C[C@]1(CC[C@H](O)c2ccc(F)cc2)OC(=O)N(c2ccccc2)[C@@H]1c1ccc(-c2ccc([C@@H]3O[C@H](CO)[C@@H](O)[C@H](O)[C@H]3O)cc2)cc1O. The number of hydrogen-bond acceptors (Lipinski definition) is 9. The smallest absolute Gasteiger partial charge is 0.415 e. The van der Waals surface area contributed by atoms with E-state index < -0.39 is 66.8 Å². The maximum Gasteiger partial charge on any atom is 0.415 e. The average molecular weight is 660 g/mol. The summed E-state index contributed by atoms with van der Waals surface area (Å²) >= 11 is 0. The second kappa shape index (κ2) is 13.6. The van der Waals surface area contributed by atoms with Crippen LogP contribution in [-0.2, 0) is 9.47 Å². The Morgan fingerprint density at radius 2 is 1.54 bits per heavy atom. The van der Waals surface area contributed by atoms with Crippen molar-refractivity contribution in [3.63, 3.8) is 0 Å². The molecule has 8 atom stereocenters. The lowest BCUT2D eigenvalue weighted by molar-refractivity contribution is -0.231. The van der Waals surface area contributed by atoms with Gasteiger partial charge in [-0.3, -0.25) is 4.90 Å². The minimum absolute atomic E-state index is 0.0833. The molecule has 0 bridgehead atoms. The summed E-state index contributed by atoms with van der Waals surface area (Å²) in [6, 6.07) is 25.8. The van der Waals surface area contributed by atoms with Gasteiger partial charge >= 0.3 is 6.09 Å². The van der Waals surface area contributed by atoms with Gasteiger partial charge in [0.15, 0.2) is 0 Å². The molecule has 48 heavy (non-hydrogen) atoms. The number of aromatic hydroxyl groups is 1. The van der Waals surface area contributed by atoms with Crippen LogP contribution in [0.4, 0.5) is 14.9 Å². The molecule has 0 radical (unpaired) electrons. The molecule has 252 valence electrons. The van der Waals surface area contributed by atoms with E-state index in [0.717, 1.165) is 0 Å². The Morgan fingerprint density at radius 3 is 2.19 bits per heavy atom. The van der Waals surface area contributed by atoms with Crippen LogP contribution < -0.4 is 4.90 Å². The highest BCUT2D eigenvalue weighted by molar-refractivity contribution is 5.92. The van der Waals surface area contributed by atoms with Crippen LogP contribution in [-0.4, -0.2) is 73.4 Å². The molecule has 10 nitrogen and oxygen atoms in total. The van der Waals surface area contributed by atoms with E-state index in [9.17, 15) is 39.8 Å². The Kier molecular flexibility index (Phi) is 9.53. The number of para-hydroxylation sites is 1. The fourth-order valence-corrected chi connectivity index (χ4v) is 6.65. The van der Waals surface area contributed by atoms with Crippen molar-refractivity contribution in [2.45, 2.75) is 68.0 Å². The molecule has 0 spiro atoms. The Labute approximate surface area is 276 Å². The number of phenolic OH excluding ortho intramolecular Hbond substituents is 1. The second-order valence-corrected chi connectivity index (χ2v) is 12.5. The molecule has 0 aliphatic carbocycles. The highest BCUT2D eigenvalue weighted by Gasteiger charge is 2.53. The van der Waals surface area contributed by atoms with Gasteiger partial charge in [-0.05, 0) is 72.4 Å². The number of aliphatic hydroxyl groups excluding tert-OH is 5. The van der Waals surface area contributed by atoms with Gasteiger partial charge in [-0.1, -0.05) is 66.7 Å². The van der Waals surface area contributed by atoms with Crippen molar-refractivity contribution in [1.29, 1.82) is 0 Å². The number of carbonyl (C=O) groups excluding carboxylic acids is 1. The minimum atomic E-state index is -1.50. The Balaban J connectivity index is 1.28. The minimum Gasteiger partial charge on any atom is -0.508 e. The van der Waals surface area contributed by atoms with Gasteiger partial charge in [-0.15, -0.1) is 0 Å². The fourth-order valence-electron chi connectivity index (χ4n) is 6.65. The van der Waals surface area contributed by atoms with Gasteiger partial charge in [0, 0.05) is 11.3 Å². The number of amides is 1. The number of hydrogen-bond donors (Lipinski definition) is 6. The van der Waals surface area contributed by atoms with E-state index in [1.54, 1.807) is 73.7 Å². The van der Waals surface area contributed by atoms with Gasteiger partial charge in [0.2, 0.25) is 0 Å². The molecule has 2 saturated heterocycles. The highest BCUT2D eigenvalue weighted by atomic mass is 19.1. The first-order chi connectivity index (χ1) is 23.0. The third kappa shape index (κ3) is 6.40. The Bertz CT molecular complexity index is 1720. The van der Waals surface area contributed by atoms with Crippen LogP contribution in [0.1, 0.15) is 54.7 Å². The van der Waals surface area contributed by atoms with Gasteiger partial charge in [-0.25, -0.2) is 9.18 Å². The lowest BCUT2D eigenvalue weighted by Crippen LogP contribution is -2.55. The van der Waals surface area contributed by atoms with Crippen molar-refractivity contribution < 1.29 is 49.3 Å². The third-order valence-corrected chi connectivity index (χ3v) is 9.35. The normalized spacial score (nSPS) is 27.9. The molecule has 2 heterocycles. The van der Waals surface area contributed by atoms with Gasteiger partial charge in [0.05, 0.1) is 12.7 Å². The molecule has 2 aliphatic heterocycles. The van der Waals surface area contributed by atoms with E-state index in [0.29, 0.717) is 33.5 Å². The summed E-state index contributed by atoms with van der Waals surface area (Å²) in [5.74, 6) is -0.495. The molecule has 0 unspecified atom stereocenters. The van der Waals surface area contributed by atoms with E-state index in [4.69, 9.17) is 9.47 Å². The van der Waals surface area contributed by atoms with Crippen molar-refractivity contribution in [3.05, 3.63) is 120 Å². The Morgan fingerprint density at radius 1 is 0.875 bits per heavy atom. The quantitative estimate of drug-likeness (QED) is 0.150. The number of carbonyl (C=O) groups is 1. The van der Waals surface area contributed by atoms with Gasteiger partial charge in [0.25, 0.3) is 0 Å². The van der Waals surface area contributed by atoms with E-state index in [1.807, 2.05) is 6.07 Å². The largest absolute Gasteiger partial charge is 0.508 e. The summed E-state index contributed by atoms with van der Waals surface area (Å²) in [6.07, 6.45) is -7.48. The fraction of sp³-hybridized carbons (Fsp3) is 0.324. The molecule has 2 fully saturated rings. The number of rotatable bonds is 9. The van der Waals surface area contributed by atoms with Crippen LogP contribution in [0, 0.1) is 5.82 Å². The first kappa shape index (κ1) is 33.5. The molecule has 11 heteroatoms. The molecule has 1 amide bonds. The highest BCUT2D eigenvalue weighted by Crippen LogP contribution is 2.49. The summed E-state index contributed by atoms with van der Waals surface area (Å²) in [6.45, 7) is 1.24. The number of nitrogens with zero attached hydrogens (tertiary/aromatic N) is 1. The summed E-state index contributed by atoms with van der Waals surface area (Å²) in [5, 5.41) is 62.7. The number of ether oxygens (including phenoxy) is 2. The maximum atomic E-state index is 13.5. The molecular weight excluding hydrogens is 621 g/mol. The zero-order chi connectivity index (χ0) is 34.2. The summed E-state index contributed by atoms with van der Waals surface area (Å²) < 4.78 is 25.1. The van der Waals surface area contributed by atoms with Crippen molar-refractivity contribution in [1.82, 2.24) is 0 Å². The van der Waals surface area contributed by atoms with E-state index in [1.165, 1.54) is 29.2 Å². The van der Waals surface area contributed by atoms with Gasteiger partial charge in [-0.2, -0.15) is 0 Å². The summed E-state index contributed by atoms with van der Waals surface area (Å²) in [4.78, 5) is 14.9. The molecular formula is C37H38FNO9. The van der Waals surface area contributed by atoms with Gasteiger partial charge in [0.1, 0.15) is 53.7 Å². The predicted octanol–water partition coefficient (Wildman–Crippen LogP) is 4.68. The number of phenols is 1. The van der Waals surface area contributed by atoms with E-state index in [2.05, 4.69) is 0 Å². The van der Waals surface area contributed by atoms with Crippen LogP contribution in [0.15, 0.2) is 97.1 Å². The lowest BCUT2D eigenvalue weighted by atomic mass is 9.83. The molecule has 2 aliphatic rings. The van der Waals surface area contributed by atoms with Crippen LogP contribution in [0.2, 0.25) is 0 Å². The number of benzene rings is 4. The van der Waals surface area contributed by atoms with Crippen molar-refractivity contribution in [3.8, 4) is 16.9 Å². The monoisotopic (exact) mass is 659 g/mol. The van der Waals surface area contributed by atoms with Crippen molar-refractivity contribution >= 4 is 11.8 Å². The third-order valence-electron chi connectivity index (χ3n) is 9.35. The Hall–Kier alpha value is -4.36. The number of anilines is 1. The predicted molar refractivity (Wildman–Crippen MR) is 173 cm³/mol.